The van der Waals surface area contributed by atoms with Crippen LogP contribution in [0.25, 0.3) is 10.9 Å². The molecule has 3 rings (SSSR count). The molecule has 0 aromatic carbocycles. The van der Waals surface area contributed by atoms with Crippen LogP contribution in [0.5, 0.6) is 0 Å². The summed E-state index contributed by atoms with van der Waals surface area (Å²) < 4.78 is 1.90. The highest BCUT2D eigenvalue weighted by Gasteiger charge is 2.27. The first-order valence-corrected chi connectivity index (χ1v) is 8.42. The van der Waals surface area contributed by atoms with E-state index in [1.54, 1.807) is 0 Å². The van der Waals surface area contributed by atoms with Crippen LogP contribution in [0.2, 0.25) is 0 Å². The number of hydrogen-bond donors (Lipinski definition) is 1. The van der Waals surface area contributed by atoms with Gasteiger partial charge in [-0.1, -0.05) is 6.92 Å². The van der Waals surface area contributed by atoms with Gasteiger partial charge in [0.2, 0.25) is 5.91 Å². The largest absolute Gasteiger partial charge is 0.356 e. The van der Waals surface area contributed by atoms with E-state index in [-0.39, 0.29) is 11.8 Å². The third kappa shape index (κ3) is 3.02. The second-order valence-corrected chi connectivity index (χ2v) is 6.32. The van der Waals surface area contributed by atoms with Crippen molar-refractivity contribution in [2.45, 2.75) is 33.1 Å². The van der Waals surface area contributed by atoms with Crippen molar-refractivity contribution in [1.82, 2.24) is 20.1 Å². The molecule has 1 saturated heterocycles. The lowest BCUT2D eigenvalue weighted by molar-refractivity contribution is -0.125. The molecule has 0 radical (unpaired) electrons. The van der Waals surface area contributed by atoms with E-state index in [1.165, 1.54) is 0 Å². The molecule has 1 amide bonds. The maximum absolute atomic E-state index is 12.3. The molecule has 6 heteroatoms. The third-order valence-corrected chi connectivity index (χ3v) is 4.56. The Hall–Kier alpha value is -2.11. The Kier molecular flexibility index (Phi) is 4.50. The molecule has 1 fully saturated rings. The summed E-state index contributed by atoms with van der Waals surface area (Å²) in [6, 6.07) is 2.01. The van der Waals surface area contributed by atoms with Gasteiger partial charge in [0.05, 0.1) is 11.6 Å². The van der Waals surface area contributed by atoms with Crippen molar-refractivity contribution in [2.75, 3.05) is 24.5 Å². The van der Waals surface area contributed by atoms with Crippen LogP contribution >= 0.6 is 0 Å². The number of carbonyl (C=O) groups excluding carboxylic acids is 1. The lowest BCUT2D eigenvalue weighted by Gasteiger charge is -2.33. The first-order valence-electron chi connectivity index (χ1n) is 8.42. The first kappa shape index (κ1) is 15.8. The molecule has 1 unspecified atom stereocenters. The van der Waals surface area contributed by atoms with Gasteiger partial charge in [-0.2, -0.15) is 5.10 Å². The zero-order valence-corrected chi connectivity index (χ0v) is 14.2. The summed E-state index contributed by atoms with van der Waals surface area (Å²) >= 11 is 0. The summed E-state index contributed by atoms with van der Waals surface area (Å²) in [5.74, 6) is 1.16. The van der Waals surface area contributed by atoms with Crippen LogP contribution in [-0.2, 0) is 11.8 Å². The van der Waals surface area contributed by atoms with Gasteiger partial charge in [-0.15, -0.1) is 0 Å². The SMILES string of the molecule is CCCNC(=O)C1CCCN(c2nccc3c(C)nn(C)c23)C1. The summed E-state index contributed by atoms with van der Waals surface area (Å²) in [5.41, 5.74) is 2.07. The normalized spacial score (nSPS) is 18.4. The van der Waals surface area contributed by atoms with Crippen LogP contribution in [0.15, 0.2) is 12.3 Å². The molecule has 23 heavy (non-hydrogen) atoms. The van der Waals surface area contributed by atoms with Gasteiger partial charge in [-0.05, 0) is 32.3 Å². The van der Waals surface area contributed by atoms with Crippen LogP contribution in [0, 0.1) is 12.8 Å². The zero-order chi connectivity index (χ0) is 16.4. The number of hydrogen-bond acceptors (Lipinski definition) is 4. The maximum atomic E-state index is 12.3. The van der Waals surface area contributed by atoms with Crippen molar-refractivity contribution in [1.29, 1.82) is 0 Å². The molecule has 124 valence electrons. The van der Waals surface area contributed by atoms with Crippen molar-refractivity contribution in [3.8, 4) is 0 Å². The van der Waals surface area contributed by atoms with Gasteiger partial charge in [0, 0.05) is 38.3 Å². The number of amides is 1. The average Bonchev–Trinajstić information content (AvgIpc) is 2.87. The van der Waals surface area contributed by atoms with E-state index in [9.17, 15) is 4.79 Å². The quantitative estimate of drug-likeness (QED) is 0.937. The summed E-state index contributed by atoms with van der Waals surface area (Å²) in [7, 11) is 1.95. The minimum atomic E-state index is 0.0432. The van der Waals surface area contributed by atoms with Gasteiger partial charge in [0.15, 0.2) is 5.82 Å². The second-order valence-electron chi connectivity index (χ2n) is 6.32. The number of carbonyl (C=O) groups is 1. The number of rotatable bonds is 4. The van der Waals surface area contributed by atoms with Gasteiger partial charge in [-0.25, -0.2) is 4.98 Å². The standard InChI is InChI=1S/C17H25N5O/c1-4-8-19-17(23)13-6-5-10-22(11-13)16-15-14(7-9-18-16)12(2)20-21(15)3/h7,9,13H,4-6,8,10-11H2,1-3H3,(H,19,23). The van der Waals surface area contributed by atoms with E-state index in [0.717, 1.165) is 61.3 Å². The Bertz CT molecular complexity index is 708. The molecule has 6 nitrogen and oxygen atoms in total. The average molecular weight is 315 g/mol. The molecule has 0 spiro atoms. The van der Waals surface area contributed by atoms with Crippen molar-refractivity contribution in [2.24, 2.45) is 13.0 Å². The van der Waals surface area contributed by atoms with E-state index in [4.69, 9.17) is 0 Å². The summed E-state index contributed by atoms with van der Waals surface area (Å²) in [5, 5.41) is 8.67. The predicted octanol–water partition coefficient (Wildman–Crippen LogP) is 2.02. The molecule has 1 N–H and O–H groups in total. The van der Waals surface area contributed by atoms with Gasteiger partial charge < -0.3 is 10.2 Å². The topological polar surface area (TPSA) is 63.1 Å². The fourth-order valence-electron chi connectivity index (χ4n) is 3.39. The van der Waals surface area contributed by atoms with Crippen LogP contribution in [0.4, 0.5) is 5.82 Å². The van der Waals surface area contributed by atoms with E-state index in [1.807, 2.05) is 30.9 Å². The van der Waals surface area contributed by atoms with Crippen LogP contribution in [-0.4, -0.2) is 40.3 Å². The lowest BCUT2D eigenvalue weighted by Crippen LogP contribution is -2.43. The number of nitrogens with one attached hydrogen (secondary N) is 1. The van der Waals surface area contributed by atoms with E-state index in [2.05, 4.69) is 27.2 Å². The van der Waals surface area contributed by atoms with Crippen molar-refractivity contribution >= 4 is 22.6 Å². The van der Waals surface area contributed by atoms with E-state index in [0.29, 0.717) is 0 Å². The Balaban J connectivity index is 1.86. The summed E-state index contributed by atoms with van der Waals surface area (Å²) in [6.45, 7) is 6.51. The predicted molar refractivity (Wildman–Crippen MR) is 91.5 cm³/mol. The highest BCUT2D eigenvalue weighted by atomic mass is 16.1. The number of anilines is 1. The monoisotopic (exact) mass is 315 g/mol. The Morgan fingerprint density at radius 1 is 1.48 bits per heavy atom. The Labute approximate surface area is 136 Å². The Morgan fingerprint density at radius 3 is 3.09 bits per heavy atom. The number of nitrogens with zero attached hydrogens (tertiary/aromatic N) is 4. The van der Waals surface area contributed by atoms with Crippen LogP contribution < -0.4 is 10.2 Å². The van der Waals surface area contributed by atoms with Crippen molar-refractivity contribution in [3.63, 3.8) is 0 Å². The van der Waals surface area contributed by atoms with Gasteiger partial charge in [0.1, 0.15) is 5.52 Å². The summed E-state index contributed by atoms with van der Waals surface area (Å²) in [6.07, 6.45) is 4.77. The van der Waals surface area contributed by atoms with Gasteiger partial charge >= 0.3 is 0 Å². The molecule has 1 aliphatic rings. The number of pyridine rings is 1. The fraction of sp³-hybridized carbons (Fsp3) is 0.588. The lowest BCUT2D eigenvalue weighted by atomic mass is 9.97. The molecule has 1 aliphatic heterocycles. The molecule has 1 atom stereocenters. The first-order chi connectivity index (χ1) is 11.1. The minimum Gasteiger partial charge on any atom is -0.356 e. The second kappa shape index (κ2) is 6.56. The van der Waals surface area contributed by atoms with Crippen LogP contribution in [0.1, 0.15) is 31.9 Å². The van der Waals surface area contributed by atoms with Crippen molar-refractivity contribution < 1.29 is 4.79 Å². The highest BCUT2D eigenvalue weighted by Crippen LogP contribution is 2.29. The maximum Gasteiger partial charge on any atom is 0.224 e. The highest BCUT2D eigenvalue weighted by molar-refractivity contribution is 5.91. The molecular formula is C17H25N5O. The number of piperidine rings is 1. The number of fused-ring (bicyclic) bond motifs is 1. The molecule has 0 saturated carbocycles. The summed E-state index contributed by atoms with van der Waals surface area (Å²) in [4.78, 5) is 19.1. The zero-order valence-electron chi connectivity index (χ0n) is 14.2. The number of aromatic nitrogens is 3. The molecule has 2 aromatic heterocycles. The van der Waals surface area contributed by atoms with E-state index >= 15 is 0 Å². The third-order valence-electron chi connectivity index (χ3n) is 4.56. The molecule has 2 aromatic rings. The smallest absolute Gasteiger partial charge is 0.224 e. The fourth-order valence-corrected chi connectivity index (χ4v) is 3.39. The van der Waals surface area contributed by atoms with Gasteiger partial charge in [0.25, 0.3) is 0 Å². The van der Waals surface area contributed by atoms with Crippen molar-refractivity contribution in [3.05, 3.63) is 18.0 Å². The minimum absolute atomic E-state index is 0.0432. The Morgan fingerprint density at radius 2 is 2.30 bits per heavy atom. The van der Waals surface area contributed by atoms with E-state index < -0.39 is 0 Å². The van der Waals surface area contributed by atoms with Gasteiger partial charge in [-0.3, -0.25) is 9.48 Å². The number of aryl methyl sites for hydroxylation is 2. The molecular weight excluding hydrogens is 290 g/mol. The molecule has 0 bridgehead atoms. The van der Waals surface area contributed by atoms with Crippen LogP contribution in [0.3, 0.4) is 0 Å². The molecule has 0 aliphatic carbocycles. The molecule has 3 heterocycles.